The normalized spacial score (nSPS) is 23.1. The second-order valence-electron chi connectivity index (χ2n) is 16.6. The van der Waals surface area contributed by atoms with E-state index in [4.69, 9.17) is 26.7 Å². The lowest BCUT2D eigenvalue weighted by molar-refractivity contribution is -0.122. The Hall–Kier alpha value is -4.53. The minimum atomic E-state index is -0.608. The summed E-state index contributed by atoms with van der Waals surface area (Å²) < 4.78 is 13.0. The number of carbonyl (C=O) groups is 3. The molecule has 0 radical (unpaired) electrons. The van der Waals surface area contributed by atoms with Gasteiger partial charge in [0, 0.05) is 18.4 Å². The molecule has 2 aliphatic carbocycles. The van der Waals surface area contributed by atoms with Crippen LogP contribution in [0.5, 0.6) is 0 Å². The predicted molar refractivity (Wildman–Crippen MR) is 218 cm³/mol. The molecule has 3 amide bonds. The number of benzene rings is 2. The Morgan fingerprint density at radius 3 is 2.53 bits per heavy atom. The molecule has 2 aromatic carbocycles. The topological polar surface area (TPSA) is 200 Å². The maximum Gasteiger partial charge on any atom is 0.494 e. The van der Waals surface area contributed by atoms with Crippen molar-refractivity contribution in [1.82, 2.24) is 15.6 Å². The summed E-state index contributed by atoms with van der Waals surface area (Å²) in [5, 5.41) is 11.6. The molecular formula is C41H59BN8O5. The largest absolute Gasteiger partial charge is 0.494 e. The number of aromatic nitrogens is 1. The summed E-state index contributed by atoms with van der Waals surface area (Å²) in [5.74, 6) is 11.7. The third-order valence-electron chi connectivity index (χ3n) is 11.8. The predicted octanol–water partition coefficient (Wildman–Crippen LogP) is 4.66. The minimum Gasteiger partial charge on any atom is -0.402 e. The molecule has 3 fully saturated rings. The zero-order chi connectivity index (χ0) is 39.9. The first-order valence-electron chi connectivity index (χ1n) is 19.6. The van der Waals surface area contributed by atoms with Gasteiger partial charge in [-0.25, -0.2) is 10.8 Å². The van der Waals surface area contributed by atoms with Crippen molar-refractivity contribution in [3.05, 3.63) is 65.9 Å². The SMILES string of the molecule is CCC(C)CC(=O)NCc1cc(B2O[C@@H]3C[C@H](C)C(C)(C)C[C@]3(C)O2)cc(N(N)/C=N\N)c1.NC(=O)C(NC(=O)c1ccc2ccccc2n1)C1CCCC1. The van der Waals surface area contributed by atoms with Gasteiger partial charge in [0.15, 0.2) is 0 Å². The molecule has 6 rings (SSSR count). The highest BCUT2D eigenvalue weighted by atomic mass is 16.7. The lowest BCUT2D eigenvalue weighted by Gasteiger charge is -2.47. The summed E-state index contributed by atoms with van der Waals surface area (Å²) in [7, 11) is -0.501. The van der Waals surface area contributed by atoms with Crippen molar-refractivity contribution in [2.24, 2.45) is 45.7 Å². The summed E-state index contributed by atoms with van der Waals surface area (Å²) in [6.45, 7) is 13.6. The number of carbonyl (C=O) groups excluding carboxylic acids is 3. The number of nitrogens with one attached hydrogen (secondary N) is 2. The van der Waals surface area contributed by atoms with Crippen LogP contribution in [0.4, 0.5) is 5.69 Å². The number of pyridine rings is 1. The van der Waals surface area contributed by atoms with Crippen LogP contribution in [0.2, 0.25) is 0 Å². The standard InChI is InChI=1S/C24H40BN5O3.C17H19N3O2/c1-7-16(2)8-22(31)28-13-18-10-19(12-20(11-18)30(27)15-29-26)25-32-21-9-17(3)23(4,5)14-24(21,6)33-25;18-16(21)15(12-6-1-2-7-12)20-17(22)14-10-9-11-5-3-4-8-13(11)19-14/h10-12,15-17,21H,7-9,13-14,26-27H2,1-6H3,(H,28,31);3-5,8-10,12,15H,1-2,6-7H2,(H2,18,21)(H,20,22)/b29-15-;/t16?,17-,21+,24-;/m0./s1. The van der Waals surface area contributed by atoms with Crippen LogP contribution in [0.1, 0.15) is 109 Å². The Bertz CT molecular complexity index is 1850. The van der Waals surface area contributed by atoms with Gasteiger partial charge in [-0.2, -0.15) is 5.10 Å². The first-order chi connectivity index (χ1) is 26.1. The van der Waals surface area contributed by atoms with Gasteiger partial charge in [-0.3, -0.25) is 19.4 Å². The van der Waals surface area contributed by atoms with Crippen molar-refractivity contribution in [2.45, 2.75) is 117 Å². The van der Waals surface area contributed by atoms with E-state index < -0.39 is 19.1 Å². The van der Waals surface area contributed by atoms with Gasteiger partial charge in [-0.1, -0.05) is 84.2 Å². The van der Waals surface area contributed by atoms with Crippen molar-refractivity contribution in [3.63, 3.8) is 0 Å². The van der Waals surface area contributed by atoms with Crippen LogP contribution < -0.4 is 38.5 Å². The maximum atomic E-state index is 12.4. The first-order valence-corrected chi connectivity index (χ1v) is 19.6. The van der Waals surface area contributed by atoms with E-state index in [1.165, 1.54) is 11.3 Å². The Balaban J connectivity index is 0.000000228. The zero-order valence-corrected chi connectivity index (χ0v) is 33.2. The molecule has 8 N–H and O–H groups in total. The lowest BCUT2D eigenvalue weighted by atomic mass is 9.63. The zero-order valence-electron chi connectivity index (χ0n) is 33.2. The van der Waals surface area contributed by atoms with Crippen molar-refractivity contribution in [2.75, 3.05) is 5.01 Å². The molecule has 13 nitrogen and oxygen atoms in total. The quantitative estimate of drug-likeness (QED) is 0.0574. The number of hydrogen-bond donors (Lipinski definition) is 5. The summed E-state index contributed by atoms with van der Waals surface area (Å²) in [6, 6.07) is 16.4. The van der Waals surface area contributed by atoms with Gasteiger partial charge < -0.3 is 31.5 Å². The fraction of sp³-hybridized carbons (Fsp3) is 0.537. The third-order valence-corrected chi connectivity index (χ3v) is 11.8. The molecule has 0 bridgehead atoms. The van der Waals surface area contributed by atoms with Crippen molar-refractivity contribution < 1.29 is 23.7 Å². The second-order valence-corrected chi connectivity index (χ2v) is 16.6. The smallest absolute Gasteiger partial charge is 0.402 e. The van der Waals surface area contributed by atoms with E-state index in [9.17, 15) is 14.4 Å². The number of amides is 3. The summed E-state index contributed by atoms with van der Waals surface area (Å²) in [5.41, 5.74) is 8.82. The maximum absolute atomic E-state index is 12.4. The summed E-state index contributed by atoms with van der Waals surface area (Å²) >= 11 is 0. The van der Waals surface area contributed by atoms with E-state index in [2.05, 4.69) is 62.3 Å². The van der Waals surface area contributed by atoms with E-state index in [0.717, 1.165) is 66.9 Å². The summed E-state index contributed by atoms with van der Waals surface area (Å²) in [4.78, 5) is 40.7. The number of para-hydroxylation sites is 1. The molecule has 1 aromatic heterocycles. The molecule has 2 heterocycles. The monoisotopic (exact) mass is 754 g/mol. The number of fused-ring (bicyclic) bond motifs is 2. The molecule has 3 aliphatic rings. The number of hydrazine groups is 1. The number of nitrogens with two attached hydrogens (primary N) is 3. The fourth-order valence-electron chi connectivity index (χ4n) is 8.05. The van der Waals surface area contributed by atoms with Crippen molar-refractivity contribution >= 4 is 53.2 Å². The molecule has 1 aliphatic heterocycles. The van der Waals surface area contributed by atoms with E-state index in [1.54, 1.807) is 6.07 Å². The van der Waals surface area contributed by atoms with E-state index >= 15 is 0 Å². The molecule has 2 unspecified atom stereocenters. The molecule has 0 spiro atoms. The van der Waals surface area contributed by atoms with Gasteiger partial charge >= 0.3 is 7.12 Å². The molecule has 14 heteroatoms. The van der Waals surface area contributed by atoms with Crippen LogP contribution in [0.3, 0.4) is 0 Å². The van der Waals surface area contributed by atoms with Gasteiger partial charge in [-0.15, -0.1) is 0 Å². The van der Waals surface area contributed by atoms with Crippen molar-refractivity contribution in [3.8, 4) is 0 Å². The first kappa shape index (κ1) is 41.6. The van der Waals surface area contributed by atoms with Crippen LogP contribution in [-0.4, -0.2) is 53.9 Å². The van der Waals surface area contributed by atoms with E-state index in [0.29, 0.717) is 36.2 Å². The molecule has 296 valence electrons. The Kier molecular flexibility index (Phi) is 13.6. The van der Waals surface area contributed by atoms with Crippen LogP contribution in [0.25, 0.3) is 10.9 Å². The Morgan fingerprint density at radius 1 is 1.11 bits per heavy atom. The van der Waals surface area contributed by atoms with Crippen molar-refractivity contribution in [1.29, 1.82) is 0 Å². The molecule has 3 aromatic rings. The van der Waals surface area contributed by atoms with E-state index in [-0.39, 0.29) is 34.9 Å². The van der Waals surface area contributed by atoms with Crippen LogP contribution in [0, 0.1) is 23.2 Å². The number of nitrogens with zero attached hydrogens (tertiary/aromatic N) is 3. The van der Waals surface area contributed by atoms with Crippen LogP contribution in [0.15, 0.2) is 59.7 Å². The number of rotatable bonds is 12. The fourth-order valence-corrected chi connectivity index (χ4v) is 8.05. The third kappa shape index (κ3) is 10.4. The van der Waals surface area contributed by atoms with Crippen LogP contribution >= 0.6 is 0 Å². The van der Waals surface area contributed by atoms with Gasteiger partial charge in [0.2, 0.25) is 11.8 Å². The minimum absolute atomic E-state index is 0.0347. The number of anilines is 1. The highest BCUT2D eigenvalue weighted by Crippen LogP contribution is 2.50. The number of hydrazone groups is 1. The second kappa shape index (κ2) is 18.0. The molecule has 2 saturated carbocycles. The van der Waals surface area contributed by atoms with Gasteiger partial charge in [0.05, 0.1) is 22.9 Å². The number of hydrogen-bond acceptors (Lipinski definition) is 9. The number of primary amides is 1. The van der Waals surface area contributed by atoms with Gasteiger partial charge in [0.1, 0.15) is 18.1 Å². The van der Waals surface area contributed by atoms with E-state index in [1.807, 2.05) is 48.5 Å². The molecular weight excluding hydrogens is 695 g/mol. The average molecular weight is 755 g/mol. The van der Waals surface area contributed by atoms with Crippen LogP contribution in [-0.2, 0) is 25.4 Å². The average Bonchev–Trinajstić information content (AvgIpc) is 3.80. The Labute approximate surface area is 325 Å². The van der Waals surface area contributed by atoms with Gasteiger partial charge in [-0.05, 0) is 91.1 Å². The highest BCUT2D eigenvalue weighted by Gasteiger charge is 2.55. The molecule has 55 heavy (non-hydrogen) atoms. The van der Waals surface area contributed by atoms with Gasteiger partial charge in [0.25, 0.3) is 5.91 Å². The lowest BCUT2D eigenvalue weighted by Crippen LogP contribution is -2.49. The highest BCUT2D eigenvalue weighted by molar-refractivity contribution is 6.62. The molecule has 5 atom stereocenters. The Morgan fingerprint density at radius 2 is 1.84 bits per heavy atom. The molecule has 1 saturated heterocycles. The summed E-state index contributed by atoms with van der Waals surface area (Å²) in [6.07, 6.45) is 8.77.